The van der Waals surface area contributed by atoms with Gasteiger partial charge in [0.2, 0.25) is 0 Å². The number of aliphatic hydroxyl groups is 1. The lowest BCUT2D eigenvalue weighted by atomic mass is 9.98. The molecule has 1 atom stereocenters. The lowest BCUT2D eigenvalue weighted by Gasteiger charge is -2.24. The zero-order valence-corrected chi connectivity index (χ0v) is 10.6. The average Bonchev–Trinajstić information content (AvgIpc) is 2.58. The zero-order valence-electron chi connectivity index (χ0n) is 10.6. The molecule has 2 fully saturated rings. The van der Waals surface area contributed by atoms with E-state index in [4.69, 9.17) is 0 Å². The van der Waals surface area contributed by atoms with E-state index in [1.165, 1.54) is 0 Å². The van der Waals surface area contributed by atoms with Gasteiger partial charge in [-0.2, -0.15) is 0 Å². The van der Waals surface area contributed by atoms with E-state index in [1.54, 1.807) is 0 Å². The maximum Gasteiger partial charge on any atom is 0.317 e. The lowest BCUT2D eigenvalue weighted by Crippen LogP contribution is -2.37. The summed E-state index contributed by atoms with van der Waals surface area (Å²) >= 11 is 0. The first-order valence-electron chi connectivity index (χ1n) is 6.54. The number of hydrogen-bond donors (Lipinski definition) is 2. The summed E-state index contributed by atoms with van der Waals surface area (Å²) in [5.41, 5.74) is -0.500. The summed E-state index contributed by atoms with van der Waals surface area (Å²) in [7, 11) is 0. The molecule has 0 aromatic rings. The molecule has 2 aliphatic rings. The molecule has 2 rings (SSSR count). The summed E-state index contributed by atoms with van der Waals surface area (Å²) in [5.74, 6) is 0. The van der Waals surface area contributed by atoms with Crippen molar-refractivity contribution in [2.45, 2.75) is 31.8 Å². The first-order valence-corrected chi connectivity index (χ1v) is 6.54. The third-order valence-electron chi connectivity index (χ3n) is 3.79. The molecular formula is C12H23N3O2. The third kappa shape index (κ3) is 3.57. The predicted octanol–water partition coefficient (Wildman–Crippen LogP) is 0.248. The second-order valence-corrected chi connectivity index (χ2v) is 5.41. The predicted molar refractivity (Wildman–Crippen MR) is 65.9 cm³/mol. The van der Waals surface area contributed by atoms with Gasteiger partial charge >= 0.3 is 6.03 Å². The van der Waals surface area contributed by atoms with Crippen LogP contribution in [-0.2, 0) is 0 Å². The Morgan fingerprint density at radius 3 is 2.82 bits per heavy atom. The number of rotatable bonds is 3. The smallest absolute Gasteiger partial charge is 0.317 e. The summed E-state index contributed by atoms with van der Waals surface area (Å²) < 4.78 is 0. The van der Waals surface area contributed by atoms with Crippen molar-refractivity contribution in [3.05, 3.63) is 0 Å². The highest BCUT2D eigenvalue weighted by Gasteiger charge is 2.25. The van der Waals surface area contributed by atoms with E-state index in [1.807, 2.05) is 11.8 Å². The van der Waals surface area contributed by atoms with Gasteiger partial charge in [-0.3, -0.25) is 0 Å². The molecule has 0 bridgehead atoms. The fraction of sp³-hybridized carbons (Fsp3) is 0.917. The standard InChI is InChI=1S/C12H23N3O2/c1-12(17)3-2-6-14(7-4-12)9-10-15-8-5-13-11(15)16/h17H,2-10H2,1H3,(H,13,16). The minimum absolute atomic E-state index is 0.0619. The first kappa shape index (κ1) is 12.6. The van der Waals surface area contributed by atoms with Crippen LogP contribution in [0.25, 0.3) is 0 Å². The Hall–Kier alpha value is -0.810. The molecule has 0 radical (unpaired) electrons. The molecule has 0 aromatic carbocycles. The molecule has 2 heterocycles. The molecule has 2 N–H and O–H groups in total. The molecule has 5 heteroatoms. The van der Waals surface area contributed by atoms with Crippen molar-refractivity contribution in [2.75, 3.05) is 39.3 Å². The summed E-state index contributed by atoms with van der Waals surface area (Å²) in [6.07, 6.45) is 2.76. The number of hydrogen-bond acceptors (Lipinski definition) is 3. The SMILES string of the molecule is CC1(O)CCCN(CCN2CCNC2=O)CC1. The van der Waals surface area contributed by atoms with Gasteiger partial charge in [-0.05, 0) is 32.7 Å². The van der Waals surface area contributed by atoms with Crippen molar-refractivity contribution >= 4 is 6.03 Å². The van der Waals surface area contributed by atoms with Crippen molar-refractivity contribution in [3.63, 3.8) is 0 Å². The highest BCUT2D eigenvalue weighted by Crippen LogP contribution is 2.21. The number of urea groups is 1. The van der Waals surface area contributed by atoms with Crippen LogP contribution in [0.2, 0.25) is 0 Å². The summed E-state index contributed by atoms with van der Waals surface area (Å²) in [4.78, 5) is 15.6. The maximum atomic E-state index is 11.4. The van der Waals surface area contributed by atoms with Gasteiger partial charge < -0.3 is 20.2 Å². The largest absolute Gasteiger partial charge is 0.390 e. The molecule has 98 valence electrons. The van der Waals surface area contributed by atoms with Crippen LogP contribution >= 0.6 is 0 Å². The van der Waals surface area contributed by atoms with Gasteiger partial charge in [-0.25, -0.2) is 4.79 Å². The summed E-state index contributed by atoms with van der Waals surface area (Å²) in [6, 6.07) is 0.0619. The van der Waals surface area contributed by atoms with Crippen LogP contribution in [0.4, 0.5) is 4.79 Å². The van der Waals surface area contributed by atoms with Crippen LogP contribution in [0.15, 0.2) is 0 Å². The van der Waals surface area contributed by atoms with Crippen LogP contribution in [0.3, 0.4) is 0 Å². The molecule has 0 saturated carbocycles. The number of carbonyl (C=O) groups excluding carboxylic acids is 1. The fourth-order valence-electron chi connectivity index (χ4n) is 2.53. The van der Waals surface area contributed by atoms with Gasteiger partial charge in [-0.1, -0.05) is 0 Å². The second kappa shape index (κ2) is 5.23. The maximum absolute atomic E-state index is 11.4. The van der Waals surface area contributed by atoms with Gasteiger partial charge in [0.1, 0.15) is 0 Å². The fourth-order valence-corrected chi connectivity index (χ4v) is 2.53. The Balaban J connectivity index is 1.74. The van der Waals surface area contributed by atoms with E-state index in [9.17, 15) is 9.90 Å². The molecule has 2 aliphatic heterocycles. The molecule has 17 heavy (non-hydrogen) atoms. The van der Waals surface area contributed by atoms with Crippen LogP contribution < -0.4 is 5.32 Å². The molecule has 1 unspecified atom stereocenters. The van der Waals surface area contributed by atoms with E-state index in [2.05, 4.69) is 10.2 Å². The number of nitrogens with zero attached hydrogens (tertiary/aromatic N) is 2. The van der Waals surface area contributed by atoms with Gasteiger partial charge in [0, 0.05) is 32.7 Å². The van der Waals surface area contributed by atoms with Crippen LogP contribution in [0, 0.1) is 0 Å². The van der Waals surface area contributed by atoms with Crippen LogP contribution in [0.5, 0.6) is 0 Å². The normalized spacial score (nSPS) is 31.4. The van der Waals surface area contributed by atoms with Gasteiger partial charge in [0.05, 0.1) is 5.60 Å². The minimum atomic E-state index is -0.500. The Labute approximate surface area is 103 Å². The van der Waals surface area contributed by atoms with E-state index in [-0.39, 0.29) is 6.03 Å². The van der Waals surface area contributed by atoms with Gasteiger partial charge in [0.15, 0.2) is 0 Å². The van der Waals surface area contributed by atoms with Crippen molar-refractivity contribution in [1.82, 2.24) is 15.1 Å². The molecular weight excluding hydrogens is 218 g/mol. The lowest BCUT2D eigenvalue weighted by molar-refractivity contribution is 0.0445. The van der Waals surface area contributed by atoms with Gasteiger partial charge in [0.25, 0.3) is 0 Å². The van der Waals surface area contributed by atoms with E-state index < -0.39 is 5.60 Å². The second-order valence-electron chi connectivity index (χ2n) is 5.41. The summed E-state index contributed by atoms with van der Waals surface area (Å²) in [5, 5.41) is 12.8. The van der Waals surface area contributed by atoms with E-state index in [0.29, 0.717) is 0 Å². The number of likely N-dealkylation sites (tertiary alicyclic amines) is 1. The molecule has 0 spiro atoms. The van der Waals surface area contributed by atoms with Gasteiger partial charge in [-0.15, -0.1) is 0 Å². The number of carbonyl (C=O) groups is 1. The van der Waals surface area contributed by atoms with E-state index >= 15 is 0 Å². The van der Waals surface area contributed by atoms with Crippen LogP contribution in [0.1, 0.15) is 26.2 Å². The Kier molecular flexibility index (Phi) is 3.89. The molecule has 2 saturated heterocycles. The Morgan fingerprint density at radius 1 is 1.29 bits per heavy atom. The minimum Gasteiger partial charge on any atom is -0.390 e. The molecule has 0 aliphatic carbocycles. The number of amides is 2. The Bertz CT molecular complexity index is 281. The van der Waals surface area contributed by atoms with Crippen molar-refractivity contribution in [3.8, 4) is 0 Å². The van der Waals surface area contributed by atoms with Crippen LogP contribution in [-0.4, -0.2) is 65.8 Å². The monoisotopic (exact) mass is 241 g/mol. The van der Waals surface area contributed by atoms with Crippen molar-refractivity contribution in [1.29, 1.82) is 0 Å². The highest BCUT2D eigenvalue weighted by atomic mass is 16.3. The quantitative estimate of drug-likeness (QED) is 0.744. The van der Waals surface area contributed by atoms with E-state index in [0.717, 1.165) is 58.5 Å². The average molecular weight is 241 g/mol. The first-order chi connectivity index (χ1) is 8.07. The number of nitrogens with one attached hydrogen (secondary N) is 1. The topological polar surface area (TPSA) is 55.8 Å². The zero-order chi connectivity index (χ0) is 12.3. The highest BCUT2D eigenvalue weighted by molar-refractivity contribution is 5.76. The Morgan fingerprint density at radius 2 is 2.12 bits per heavy atom. The van der Waals surface area contributed by atoms with Crippen molar-refractivity contribution in [2.24, 2.45) is 0 Å². The third-order valence-corrected chi connectivity index (χ3v) is 3.79. The summed E-state index contributed by atoms with van der Waals surface area (Å²) in [6.45, 7) is 7.20. The molecule has 0 aromatic heterocycles. The molecule has 5 nitrogen and oxygen atoms in total. The molecule has 2 amide bonds. The van der Waals surface area contributed by atoms with Crippen molar-refractivity contribution < 1.29 is 9.90 Å².